The molecule has 2 nitrogen and oxygen atoms in total. The lowest BCUT2D eigenvalue weighted by Gasteiger charge is -2.10. The van der Waals surface area contributed by atoms with Gasteiger partial charge in [0, 0.05) is 44.0 Å². The van der Waals surface area contributed by atoms with Crippen LogP contribution in [-0.4, -0.2) is 9.97 Å². The van der Waals surface area contributed by atoms with E-state index in [9.17, 15) is 0 Å². The summed E-state index contributed by atoms with van der Waals surface area (Å²) in [7, 11) is 0. The molecule has 2 heterocycles. The largest absolute Gasteiger partial charge is 0.264 e. The minimum atomic E-state index is 1.08. The van der Waals surface area contributed by atoms with E-state index in [-0.39, 0.29) is 0 Å². The smallest absolute Gasteiger partial charge is 0.0351 e. The van der Waals surface area contributed by atoms with Crippen LogP contribution < -0.4 is 0 Å². The number of rotatable bonds is 2. The third kappa shape index (κ3) is 2.76. The van der Waals surface area contributed by atoms with Crippen molar-refractivity contribution >= 4 is 38.5 Å². The summed E-state index contributed by atoms with van der Waals surface area (Å²) in [6.45, 7) is 0. The summed E-state index contributed by atoms with van der Waals surface area (Å²) >= 11 is 6.00. The summed E-state index contributed by atoms with van der Waals surface area (Å²) in [5.41, 5.74) is 4.54. The van der Waals surface area contributed by atoms with E-state index in [4.69, 9.17) is 0 Å². The van der Waals surface area contributed by atoms with Gasteiger partial charge >= 0.3 is 0 Å². The molecule has 1 aromatic carbocycles. The van der Waals surface area contributed by atoms with Crippen LogP contribution in [-0.2, 0) is 0 Å². The number of aromatic nitrogens is 2. The molecule has 0 spiro atoms. The summed E-state index contributed by atoms with van der Waals surface area (Å²) in [6.07, 6.45) is 7.34. The van der Waals surface area contributed by atoms with Crippen molar-refractivity contribution < 1.29 is 0 Å². The van der Waals surface area contributed by atoms with Crippen molar-refractivity contribution in [2.24, 2.45) is 0 Å². The molecule has 3 aromatic rings. The molecule has 0 aliphatic rings. The Balaban J connectivity index is 2.19. The Kier molecular flexibility index (Phi) is 4.12. The summed E-state index contributed by atoms with van der Waals surface area (Å²) in [4.78, 5) is 8.39. The second-order valence-corrected chi connectivity index (χ2v) is 6.24. The van der Waals surface area contributed by atoms with Gasteiger partial charge in [0.1, 0.15) is 0 Å². The van der Waals surface area contributed by atoms with E-state index < -0.39 is 0 Å². The first-order valence-electron chi connectivity index (χ1n) is 6.05. The highest BCUT2D eigenvalue weighted by Gasteiger charge is 2.10. The molecule has 0 fully saturated rings. The van der Waals surface area contributed by atoms with Crippen molar-refractivity contribution in [3.05, 3.63) is 69.2 Å². The molecule has 0 saturated heterocycles. The maximum atomic E-state index is 4.20. The molecule has 0 unspecified atom stereocenters. The highest BCUT2D eigenvalue weighted by Crippen LogP contribution is 2.35. The van der Waals surface area contributed by atoms with E-state index in [0.717, 1.165) is 21.2 Å². The standard InChI is InChI=1S/C16H10BrIN2/c17-15-8-13(11-3-1-5-19-9-11)7-14(16(15)18)12-4-2-6-20-10-12/h1-10H. The fraction of sp³-hybridized carbons (Fsp3) is 0. The predicted octanol–water partition coefficient (Wildman–Crippen LogP) is 5.18. The molecule has 0 aliphatic heterocycles. The molecule has 0 N–H and O–H groups in total. The number of nitrogens with zero attached hydrogens (tertiary/aromatic N) is 2. The van der Waals surface area contributed by atoms with Crippen LogP contribution >= 0.6 is 38.5 Å². The second-order valence-electron chi connectivity index (χ2n) is 4.30. The zero-order valence-electron chi connectivity index (χ0n) is 10.4. The van der Waals surface area contributed by atoms with E-state index >= 15 is 0 Å². The maximum Gasteiger partial charge on any atom is 0.0351 e. The van der Waals surface area contributed by atoms with Crippen LogP contribution in [0.3, 0.4) is 0 Å². The minimum absolute atomic E-state index is 1.08. The molecular weight excluding hydrogens is 427 g/mol. The van der Waals surface area contributed by atoms with E-state index in [2.05, 4.69) is 72.8 Å². The van der Waals surface area contributed by atoms with Crippen molar-refractivity contribution in [2.75, 3.05) is 0 Å². The number of hydrogen-bond acceptors (Lipinski definition) is 2. The minimum Gasteiger partial charge on any atom is -0.264 e. The molecule has 0 amide bonds. The highest BCUT2D eigenvalue weighted by atomic mass is 127. The Morgan fingerprint density at radius 2 is 1.50 bits per heavy atom. The van der Waals surface area contributed by atoms with E-state index in [0.29, 0.717) is 0 Å². The molecule has 3 rings (SSSR count). The number of pyridine rings is 2. The van der Waals surface area contributed by atoms with Gasteiger partial charge in [-0.25, -0.2) is 0 Å². The van der Waals surface area contributed by atoms with Gasteiger partial charge in [0.2, 0.25) is 0 Å². The van der Waals surface area contributed by atoms with Crippen LogP contribution in [0.1, 0.15) is 0 Å². The molecule has 98 valence electrons. The number of hydrogen-bond donors (Lipinski definition) is 0. The van der Waals surface area contributed by atoms with Crippen LogP contribution in [0.15, 0.2) is 65.7 Å². The highest BCUT2D eigenvalue weighted by molar-refractivity contribution is 14.1. The molecule has 0 bridgehead atoms. The third-order valence-electron chi connectivity index (χ3n) is 3.00. The molecule has 0 aliphatic carbocycles. The Morgan fingerprint density at radius 3 is 2.10 bits per heavy atom. The van der Waals surface area contributed by atoms with Crippen molar-refractivity contribution in [3.8, 4) is 22.3 Å². The van der Waals surface area contributed by atoms with Gasteiger partial charge in [-0.05, 0) is 73.9 Å². The maximum absolute atomic E-state index is 4.20. The van der Waals surface area contributed by atoms with Crippen molar-refractivity contribution in [3.63, 3.8) is 0 Å². The first-order chi connectivity index (χ1) is 9.75. The first-order valence-corrected chi connectivity index (χ1v) is 7.93. The van der Waals surface area contributed by atoms with Gasteiger partial charge in [-0.1, -0.05) is 12.1 Å². The van der Waals surface area contributed by atoms with Crippen molar-refractivity contribution in [1.82, 2.24) is 9.97 Å². The summed E-state index contributed by atoms with van der Waals surface area (Å²) in [6, 6.07) is 12.3. The average Bonchev–Trinajstić information content (AvgIpc) is 2.51. The van der Waals surface area contributed by atoms with Gasteiger partial charge in [0.25, 0.3) is 0 Å². The number of benzene rings is 1. The average molecular weight is 437 g/mol. The lowest BCUT2D eigenvalue weighted by Crippen LogP contribution is -1.89. The Labute approximate surface area is 139 Å². The molecular formula is C16H10BrIN2. The lowest BCUT2D eigenvalue weighted by molar-refractivity contribution is 1.32. The van der Waals surface area contributed by atoms with E-state index in [1.54, 1.807) is 12.4 Å². The monoisotopic (exact) mass is 436 g/mol. The zero-order chi connectivity index (χ0) is 13.9. The van der Waals surface area contributed by atoms with Gasteiger partial charge in [-0.2, -0.15) is 0 Å². The molecule has 0 radical (unpaired) electrons. The third-order valence-corrected chi connectivity index (χ3v) is 5.52. The fourth-order valence-corrected chi connectivity index (χ4v) is 3.10. The zero-order valence-corrected chi connectivity index (χ0v) is 14.2. The first kappa shape index (κ1) is 13.7. The lowest BCUT2D eigenvalue weighted by atomic mass is 10.0. The Bertz CT molecular complexity index is 730. The van der Waals surface area contributed by atoms with Gasteiger partial charge in [-0.15, -0.1) is 0 Å². The molecule has 4 heteroatoms. The topological polar surface area (TPSA) is 25.8 Å². The van der Waals surface area contributed by atoms with Gasteiger partial charge in [-0.3, -0.25) is 9.97 Å². The quantitative estimate of drug-likeness (QED) is 0.517. The fourth-order valence-electron chi connectivity index (χ4n) is 2.02. The van der Waals surface area contributed by atoms with E-state index in [1.807, 2.05) is 24.5 Å². The van der Waals surface area contributed by atoms with Crippen LogP contribution in [0, 0.1) is 3.57 Å². The van der Waals surface area contributed by atoms with Gasteiger partial charge < -0.3 is 0 Å². The Morgan fingerprint density at radius 1 is 0.850 bits per heavy atom. The molecule has 0 saturated carbocycles. The second kappa shape index (κ2) is 6.01. The molecule has 20 heavy (non-hydrogen) atoms. The van der Waals surface area contributed by atoms with Gasteiger partial charge in [0.15, 0.2) is 0 Å². The summed E-state index contributed by atoms with van der Waals surface area (Å²) < 4.78 is 2.27. The Hall–Kier alpha value is -1.27. The van der Waals surface area contributed by atoms with Crippen LogP contribution in [0.5, 0.6) is 0 Å². The normalized spacial score (nSPS) is 10.5. The SMILES string of the molecule is Brc1cc(-c2cccnc2)cc(-c2cccnc2)c1I. The van der Waals surface area contributed by atoms with Gasteiger partial charge in [0.05, 0.1) is 0 Å². The van der Waals surface area contributed by atoms with Crippen LogP contribution in [0.25, 0.3) is 22.3 Å². The van der Waals surface area contributed by atoms with Crippen LogP contribution in [0.4, 0.5) is 0 Å². The van der Waals surface area contributed by atoms with Crippen molar-refractivity contribution in [1.29, 1.82) is 0 Å². The molecule has 0 atom stereocenters. The van der Waals surface area contributed by atoms with Crippen molar-refractivity contribution in [2.45, 2.75) is 0 Å². The summed E-state index contributed by atoms with van der Waals surface area (Å²) in [5.74, 6) is 0. The van der Waals surface area contributed by atoms with E-state index in [1.165, 1.54) is 9.13 Å². The number of halogens is 2. The summed E-state index contributed by atoms with van der Waals surface area (Å²) in [5, 5.41) is 0. The molecule has 2 aromatic heterocycles. The van der Waals surface area contributed by atoms with Crippen LogP contribution in [0.2, 0.25) is 0 Å². The predicted molar refractivity (Wildman–Crippen MR) is 93.3 cm³/mol.